The van der Waals surface area contributed by atoms with Crippen LogP contribution in [0.5, 0.6) is 0 Å². The summed E-state index contributed by atoms with van der Waals surface area (Å²) in [5.74, 6) is 0.359. The molecular weight excluding hydrogens is 462 g/mol. The van der Waals surface area contributed by atoms with Gasteiger partial charge >= 0.3 is 0 Å². The monoisotopic (exact) mass is 491 g/mol. The van der Waals surface area contributed by atoms with Gasteiger partial charge in [0.25, 0.3) is 11.5 Å². The number of hydrogen-bond acceptors (Lipinski definition) is 4. The minimum absolute atomic E-state index is 0.144. The average molecular weight is 492 g/mol. The van der Waals surface area contributed by atoms with Crippen LogP contribution in [-0.2, 0) is 4.74 Å². The number of rotatable bonds is 7. The summed E-state index contributed by atoms with van der Waals surface area (Å²) in [6.07, 6.45) is 0. The highest BCUT2D eigenvalue weighted by atomic mass is 16.5. The quantitative estimate of drug-likeness (QED) is 0.293. The first-order valence-electron chi connectivity index (χ1n) is 12.4. The fourth-order valence-corrected chi connectivity index (χ4v) is 4.77. The molecule has 5 aromatic rings. The molecule has 4 aromatic carbocycles. The first-order chi connectivity index (χ1) is 18.0. The molecule has 0 aliphatic heterocycles. The van der Waals surface area contributed by atoms with E-state index in [0.717, 1.165) is 22.0 Å². The predicted octanol–water partition coefficient (Wildman–Crippen LogP) is 5.70. The highest BCUT2D eigenvalue weighted by Gasteiger charge is 2.28. The second kappa shape index (κ2) is 10.4. The highest BCUT2D eigenvalue weighted by Crippen LogP contribution is 2.26. The molecule has 37 heavy (non-hydrogen) atoms. The molecule has 1 unspecified atom stereocenters. The Morgan fingerprint density at radius 1 is 0.946 bits per heavy atom. The Bertz CT molecular complexity index is 1660. The molecule has 186 valence electrons. The molecule has 5 rings (SSSR count). The lowest BCUT2D eigenvalue weighted by molar-refractivity contribution is 0.0605. The Kier molecular flexibility index (Phi) is 6.84. The van der Waals surface area contributed by atoms with Crippen LogP contribution in [0, 0.1) is 6.92 Å². The molecule has 0 fully saturated rings. The summed E-state index contributed by atoms with van der Waals surface area (Å²) in [6, 6.07) is 28.2. The summed E-state index contributed by atoms with van der Waals surface area (Å²) in [7, 11) is 1.61. The van der Waals surface area contributed by atoms with E-state index in [2.05, 4.69) is 0 Å². The lowest BCUT2D eigenvalue weighted by atomic mass is 10.1. The number of amides is 1. The minimum Gasteiger partial charge on any atom is -0.383 e. The predicted molar refractivity (Wildman–Crippen MR) is 147 cm³/mol. The molecule has 0 bridgehead atoms. The van der Waals surface area contributed by atoms with E-state index in [0.29, 0.717) is 35.4 Å². The Hall–Kier alpha value is -4.29. The number of aryl methyl sites for hydroxylation is 1. The van der Waals surface area contributed by atoms with Crippen LogP contribution < -0.4 is 5.56 Å². The normalized spacial score (nSPS) is 12.1. The van der Waals surface area contributed by atoms with Crippen LogP contribution in [0.2, 0.25) is 0 Å². The Morgan fingerprint density at radius 3 is 2.43 bits per heavy atom. The molecule has 1 heterocycles. The van der Waals surface area contributed by atoms with Crippen LogP contribution in [0.15, 0.2) is 95.8 Å². The maximum atomic E-state index is 13.9. The van der Waals surface area contributed by atoms with Crippen molar-refractivity contribution in [1.82, 2.24) is 14.5 Å². The van der Waals surface area contributed by atoms with Crippen molar-refractivity contribution < 1.29 is 9.53 Å². The van der Waals surface area contributed by atoms with Crippen LogP contribution in [0.4, 0.5) is 0 Å². The van der Waals surface area contributed by atoms with Crippen molar-refractivity contribution >= 4 is 27.6 Å². The second-order valence-electron chi connectivity index (χ2n) is 9.14. The highest BCUT2D eigenvalue weighted by molar-refractivity contribution is 5.98. The van der Waals surface area contributed by atoms with Crippen molar-refractivity contribution in [2.75, 3.05) is 20.3 Å². The average Bonchev–Trinajstić information content (AvgIpc) is 2.93. The van der Waals surface area contributed by atoms with Gasteiger partial charge in [-0.3, -0.25) is 14.2 Å². The molecule has 0 N–H and O–H groups in total. The van der Waals surface area contributed by atoms with Crippen LogP contribution in [-0.4, -0.2) is 40.6 Å². The molecule has 1 atom stereocenters. The summed E-state index contributed by atoms with van der Waals surface area (Å²) < 4.78 is 7.01. The first-order valence-corrected chi connectivity index (χ1v) is 12.4. The van der Waals surface area contributed by atoms with E-state index in [1.54, 1.807) is 22.6 Å². The van der Waals surface area contributed by atoms with Crippen molar-refractivity contribution in [1.29, 1.82) is 0 Å². The van der Waals surface area contributed by atoms with Crippen molar-refractivity contribution in [2.24, 2.45) is 0 Å². The molecule has 0 aliphatic rings. The summed E-state index contributed by atoms with van der Waals surface area (Å²) in [5.41, 5.74) is 2.71. The third kappa shape index (κ3) is 4.63. The molecule has 0 saturated carbocycles. The van der Waals surface area contributed by atoms with Gasteiger partial charge in [0, 0.05) is 19.2 Å². The van der Waals surface area contributed by atoms with Gasteiger partial charge in [-0.1, -0.05) is 60.7 Å². The van der Waals surface area contributed by atoms with Crippen LogP contribution >= 0.6 is 0 Å². The van der Waals surface area contributed by atoms with E-state index in [1.807, 2.05) is 98.8 Å². The maximum Gasteiger partial charge on any atom is 0.266 e. The van der Waals surface area contributed by atoms with Gasteiger partial charge in [0.1, 0.15) is 5.82 Å². The number of nitrogens with zero attached hydrogens (tertiary/aromatic N) is 3. The third-order valence-electron chi connectivity index (χ3n) is 6.79. The number of para-hydroxylation sites is 2. The fourth-order valence-electron chi connectivity index (χ4n) is 4.77. The molecule has 0 spiro atoms. The van der Waals surface area contributed by atoms with Crippen molar-refractivity contribution in [3.8, 4) is 5.69 Å². The summed E-state index contributed by atoms with van der Waals surface area (Å²) in [6.45, 7) is 4.58. The zero-order valence-electron chi connectivity index (χ0n) is 21.2. The number of hydrogen-bond donors (Lipinski definition) is 0. The van der Waals surface area contributed by atoms with E-state index in [9.17, 15) is 9.59 Å². The van der Waals surface area contributed by atoms with Crippen molar-refractivity contribution in [2.45, 2.75) is 19.9 Å². The molecule has 0 saturated heterocycles. The maximum absolute atomic E-state index is 13.9. The Balaban J connectivity index is 1.67. The van der Waals surface area contributed by atoms with E-state index in [4.69, 9.17) is 9.72 Å². The zero-order chi connectivity index (χ0) is 25.9. The molecular formula is C31H29N3O3. The van der Waals surface area contributed by atoms with Gasteiger partial charge in [-0.05, 0) is 60.5 Å². The van der Waals surface area contributed by atoms with Gasteiger partial charge in [-0.25, -0.2) is 4.98 Å². The lowest BCUT2D eigenvalue weighted by Gasteiger charge is -2.31. The number of benzene rings is 4. The Morgan fingerprint density at radius 2 is 1.65 bits per heavy atom. The van der Waals surface area contributed by atoms with E-state index in [-0.39, 0.29) is 11.5 Å². The number of fused-ring (bicyclic) bond motifs is 2. The SMILES string of the molecule is COCCN(C(=O)c1ccc2ccccc2c1)C(C)c1nc2ccccc2c(=O)n1-c1ccccc1C. The van der Waals surface area contributed by atoms with Gasteiger partial charge in [0.15, 0.2) is 0 Å². The third-order valence-corrected chi connectivity index (χ3v) is 6.79. The summed E-state index contributed by atoms with van der Waals surface area (Å²) >= 11 is 0. The summed E-state index contributed by atoms with van der Waals surface area (Å²) in [4.78, 5) is 34.4. The second-order valence-corrected chi connectivity index (χ2v) is 9.14. The van der Waals surface area contributed by atoms with Gasteiger partial charge in [0.05, 0.1) is 29.2 Å². The Labute approximate surface area is 215 Å². The largest absolute Gasteiger partial charge is 0.383 e. The topological polar surface area (TPSA) is 64.4 Å². The van der Waals surface area contributed by atoms with Gasteiger partial charge in [-0.2, -0.15) is 0 Å². The van der Waals surface area contributed by atoms with Gasteiger partial charge in [-0.15, -0.1) is 0 Å². The molecule has 6 nitrogen and oxygen atoms in total. The molecule has 6 heteroatoms. The molecule has 0 aliphatic carbocycles. The number of carbonyl (C=O) groups excluding carboxylic acids is 1. The van der Waals surface area contributed by atoms with Crippen LogP contribution in [0.3, 0.4) is 0 Å². The molecule has 1 amide bonds. The summed E-state index contributed by atoms with van der Waals surface area (Å²) in [5, 5.41) is 2.60. The fraction of sp³-hybridized carbons (Fsp3) is 0.194. The number of ether oxygens (including phenoxy) is 1. The zero-order valence-corrected chi connectivity index (χ0v) is 21.2. The first kappa shape index (κ1) is 24.4. The molecule has 1 aromatic heterocycles. The van der Waals surface area contributed by atoms with E-state index in [1.165, 1.54) is 0 Å². The van der Waals surface area contributed by atoms with Gasteiger partial charge in [0.2, 0.25) is 0 Å². The van der Waals surface area contributed by atoms with Crippen LogP contribution in [0.1, 0.15) is 34.7 Å². The molecule has 0 radical (unpaired) electrons. The van der Waals surface area contributed by atoms with Crippen molar-refractivity contribution in [3.63, 3.8) is 0 Å². The lowest BCUT2D eigenvalue weighted by Crippen LogP contribution is -2.39. The smallest absolute Gasteiger partial charge is 0.266 e. The number of aromatic nitrogens is 2. The van der Waals surface area contributed by atoms with Gasteiger partial charge < -0.3 is 9.64 Å². The van der Waals surface area contributed by atoms with Crippen LogP contribution in [0.25, 0.3) is 27.4 Å². The standard InChI is InChI=1S/C31H29N3O3/c1-21-10-4-9-15-28(21)34-29(32-27-14-8-7-13-26(27)31(34)36)22(2)33(18-19-37-3)30(35)25-17-16-23-11-5-6-12-24(23)20-25/h4-17,20,22H,18-19H2,1-3H3. The van der Waals surface area contributed by atoms with E-state index < -0.39 is 6.04 Å². The number of methoxy groups -OCH3 is 1. The minimum atomic E-state index is -0.508. The van der Waals surface area contributed by atoms with Crippen molar-refractivity contribution in [3.05, 3.63) is 118 Å². The van der Waals surface area contributed by atoms with E-state index >= 15 is 0 Å². The number of carbonyl (C=O) groups is 1.